The van der Waals surface area contributed by atoms with Gasteiger partial charge < -0.3 is 0 Å². The Bertz CT molecular complexity index is 1310. The number of benzene rings is 4. The highest BCUT2D eigenvalue weighted by Crippen LogP contribution is 2.38. The van der Waals surface area contributed by atoms with Gasteiger partial charge in [0, 0.05) is 0 Å². The van der Waals surface area contributed by atoms with Crippen LogP contribution in [-0.4, -0.2) is 0 Å². The molecule has 0 radical (unpaired) electrons. The molecule has 31 heavy (non-hydrogen) atoms. The molecule has 0 saturated carbocycles. The van der Waals surface area contributed by atoms with E-state index in [9.17, 15) is 0 Å². The summed E-state index contributed by atoms with van der Waals surface area (Å²) in [6.45, 7) is 4.15. The van der Waals surface area contributed by atoms with Crippen LogP contribution in [0.2, 0.25) is 0 Å². The highest BCUT2D eigenvalue weighted by Gasteiger charge is 2.13. The molecule has 4 rings (SSSR count). The lowest BCUT2D eigenvalue weighted by atomic mass is 9.99. The zero-order valence-electron chi connectivity index (χ0n) is 17.6. The lowest BCUT2D eigenvalue weighted by molar-refractivity contribution is 1.61. The zero-order chi connectivity index (χ0) is 21.8. The molecule has 0 aliphatic rings. The summed E-state index contributed by atoms with van der Waals surface area (Å²) >= 11 is 1.50. The summed E-state index contributed by atoms with van der Waals surface area (Å²) in [7, 11) is 0. The minimum Gasteiger partial charge on any atom is -0.114 e. The van der Waals surface area contributed by atoms with E-state index >= 15 is 0 Å². The maximum absolute atomic E-state index is 5.97. The van der Waals surface area contributed by atoms with Crippen LogP contribution in [-0.2, 0) is 0 Å². The number of hydrogen-bond acceptors (Lipinski definition) is 1. The van der Waals surface area contributed by atoms with Crippen LogP contribution >= 0.6 is 11.8 Å². The van der Waals surface area contributed by atoms with Crippen LogP contribution in [0, 0.1) is 24.7 Å². The highest BCUT2D eigenvalue weighted by molar-refractivity contribution is 8.07. The molecular weight excluding hydrogens is 392 g/mol. The molecule has 0 bridgehead atoms. The molecular formula is C30H22S. The molecule has 0 unspecified atom stereocenters. The van der Waals surface area contributed by atoms with Crippen molar-refractivity contribution in [2.24, 2.45) is 0 Å². The van der Waals surface area contributed by atoms with Gasteiger partial charge in [0.1, 0.15) is 0 Å². The van der Waals surface area contributed by atoms with Crippen LogP contribution in [0.5, 0.6) is 0 Å². The van der Waals surface area contributed by atoms with Crippen molar-refractivity contribution in [3.63, 3.8) is 0 Å². The third kappa shape index (κ3) is 4.02. The second kappa shape index (κ2) is 9.01. The Morgan fingerprint density at radius 3 is 1.39 bits per heavy atom. The van der Waals surface area contributed by atoms with Gasteiger partial charge in [0.25, 0.3) is 0 Å². The van der Waals surface area contributed by atoms with Gasteiger partial charge in [0.2, 0.25) is 0 Å². The molecule has 0 aliphatic heterocycles. The van der Waals surface area contributed by atoms with Gasteiger partial charge in [-0.05, 0) is 57.7 Å². The van der Waals surface area contributed by atoms with Crippen LogP contribution in [0.25, 0.3) is 32.7 Å². The predicted octanol–water partition coefficient (Wildman–Crippen LogP) is 8.15. The van der Waals surface area contributed by atoms with E-state index in [0.29, 0.717) is 0 Å². The lowest BCUT2D eigenvalue weighted by Gasteiger charge is -2.13. The third-order valence-corrected chi connectivity index (χ3v) is 6.79. The Labute approximate surface area is 188 Å². The molecule has 0 atom stereocenters. The topological polar surface area (TPSA) is 0 Å². The number of terminal acetylenes is 2. The Balaban J connectivity index is 1.83. The van der Waals surface area contributed by atoms with Crippen LogP contribution < -0.4 is 0 Å². The predicted molar refractivity (Wildman–Crippen MR) is 138 cm³/mol. The molecule has 0 fully saturated rings. The maximum Gasteiger partial charge on any atom is 0.0660 e. The summed E-state index contributed by atoms with van der Waals surface area (Å²) in [6.07, 6.45) is 11.9. The first-order valence-electron chi connectivity index (χ1n) is 10.1. The molecule has 0 nitrogen and oxygen atoms in total. The van der Waals surface area contributed by atoms with Crippen molar-refractivity contribution in [2.75, 3.05) is 0 Å². The standard InChI is InChI=1S/C30H22S/c1-5-29(21(3)25-19-11-15-23-13-7-9-17-27(23)25)31-30(6-2)22(4)26-20-12-16-24-14-8-10-18-28(24)26/h1-2,7-20H,3-4H3. The molecule has 0 aromatic heterocycles. The van der Waals surface area contributed by atoms with Crippen molar-refractivity contribution in [1.29, 1.82) is 0 Å². The quantitative estimate of drug-likeness (QED) is 0.304. The normalized spacial score (nSPS) is 12.6. The molecule has 0 spiro atoms. The summed E-state index contributed by atoms with van der Waals surface area (Å²) in [5.74, 6) is 5.77. The second-order valence-corrected chi connectivity index (χ2v) is 8.37. The average molecular weight is 415 g/mol. The van der Waals surface area contributed by atoms with E-state index in [0.717, 1.165) is 32.1 Å². The second-order valence-electron chi connectivity index (χ2n) is 7.35. The van der Waals surface area contributed by atoms with Gasteiger partial charge in [0.05, 0.1) is 9.81 Å². The van der Waals surface area contributed by atoms with Crippen LogP contribution in [0.1, 0.15) is 25.0 Å². The first kappa shape index (κ1) is 20.6. The first-order chi connectivity index (χ1) is 15.1. The van der Waals surface area contributed by atoms with Gasteiger partial charge in [0.15, 0.2) is 0 Å². The lowest BCUT2D eigenvalue weighted by Crippen LogP contribution is -1.90. The van der Waals surface area contributed by atoms with Gasteiger partial charge in [-0.1, -0.05) is 109 Å². The van der Waals surface area contributed by atoms with Crippen molar-refractivity contribution in [2.45, 2.75) is 13.8 Å². The smallest absolute Gasteiger partial charge is 0.0660 e. The summed E-state index contributed by atoms with van der Waals surface area (Å²) in [5, 5.41) is 4.77. The van der Waals surface area contributed by atoms with E-state index in [2.05, 4.69) is 111 Å². The van der Waals surface area contributed by atoms with E-state index < -0.39 is 0 Å². The van der Waals surface area contributed by atoms with Gasteiger partial charge in [-0.3, -0.25) is 0 Å². The summed E-state index contributed by atoms with van der Waals surface area (Å²) < 4.78 is 0. The Kier molecular flexibility index (Phi) is 5.99. The molecule has 0 heterocycles. The monoisotopic (exact) mass is 414 g/mol. The summed E-state index contributed by atoms with van der Waals surface area (Å²) in [5.41, 5.74) is 4.39. The molecule has 4 aromatic rings. The Hall–Kier alpha value is -3.65. The van der Waals surface area contributed by atoms with Crippen molar-refractivity contribution < 1.29 is 0 Å². The van der Waals surface area contributed by atoms with Crippen LogP contribution in [0.15, 0.2) is 94.7 Å². The average Bonchev–Trinajstić information content (AvgIpc) is 2.83. The Morgan fingerprint density at radius 1 is 0.581 bits per heavy atom. The van der Waals surface area contributed by atoms with E-state index in [4.69, 9.17) is 12.8 Å². The molecule has 0 N–H and O–H groups in total. The number of allylic oxidation sites excluding steroid dienone is 4. The largest absolute Gasteiger partial charge is 0.114 e. The molecule has 0 amide bonds. The molecule has 0 saturated heterocycles. The van der Waals surface area contributed by atoms with E-state index in [1.807, 2.05) is 0 Å². The van der Waals surface area contributed by atoms with E-state index in [1.54, 1.807) is 0 Å². The van der Waals surface area contributed by atoms with Gasteiger partial charge >= 0.3 is 0 Å². The fourth-order valence-corrected chi connectivity index (χ4v) is 4.73. The number of fused-ring (bicyclic) bond motifs is 2. The summed E-state index contributed by atoms with van der Waals surface area (Å²) in [4.78, 5) is 1.67. The maximum atomic E-state index is 5.97. The van der Waals surface area contributed by atoms with E-state index in [-0.39, 0.29) is 0 Å². The highest BCUT2D eigenvalue weighted by atomic mass is 32.2. The van der Waals surface area contributed by atoms with Crippen molar-refractivity contribution in [3.05, 3.63) is 106 Å². The fourth-order valence-electron chi connectivity index (χ4n) is 3.88. The fraction of sp³-hybridized carbons (Fsp3) is 0.0667. The van der Waals surface area contributed by atoms with Gasteiger partial charge in [-0.15, -0.1) is 12.8 Å². The molecule has 0 aliphatic carbocycles. The van der Waals surface area contributed by atoms with Gasteiger partial charge in [-0.25, -0.2) is 0 Å². The molecule has 4 aromatic carbocycles. The number of hydrogen-bond donors (Lipinski definition) is 0. The van der Waals surface area contributed by atoms with Crippen LogP contribution in [0.4, 0.5) is 0 Å². The first-order valence-corrected chi connectivity index (χ1v) is 10.9. The van der Waals surface area contributed by atoms with Crippen molar-refractivity contribution >= 4 is 44.5 Å². The number of rotatable bonds is 4. The van der Waals surface area contributed by atoms with E-state index in [1.165, 1.54) is 33.3 Å². The van der Waals surface area contributed by atoms with Crippen molar-refractivity contribution in [1.82, 2.24) is 0 Å². The molecule has 1 heteroatoms. The van der Waals surface area contributed by atoms with Gasteiger partial charge in [-0.2, -0.15) is 0 Å². The molecule has 148 valence electrons. The minimum absolute atomic E-state index is 0.837. The summed E-state index contributed by atoms with van der Waals surface area (Å²) in [6, 6.07) is 29.3. The number of thioether (sulfide) groups is 1. The minimum atomic E-state index is 0.837. The Morgan fingerprint density at radius 2 is 0.968 bits per heavy atom. The third-order valence-electron chi connectivity index (χ3n) is 5.53. The zero-order valence-corrected chi connectivity index (χ0v) is 18.5. The van der Waals surface area contributed by atoms with Crippen LogP contribution in [0.3, 0.4) is 0 Å². The van der Waals surface area contributed by atoms with Crippen molar-refractivity contribution in [3.8, 4) is 24.7 Å². The SMILES string of the molecule is C#CC(SC(C#C)=C(C)c1cccc2ccccc12)=C(C)c1cccc2ccccc12.